The quantitative estimate of drug-likeness (QED) is 0.873. The minimum absolute atomic E-state index is 0.518. The van der Waals surface area contributed by atoms with E-state index in [0.29, 0.717) is 11.3 Å². The Kier molecular flexibility index (Phi) is 5.57. The second kappa shape index (κ2) is 7.21. The molecule has 1 N–H and O–H groups in total. The summed E-state index contributed by atoms with van der Waals surface area (Å²) in [6.07, 6.45) is 3.78. The lowest BCUT2D eigenvalue weighted by molar-refractivity contribution is 0.237. The molecule has 1 aromatic heterocycles. The van der Waals surface area contributed by atoms with Gasteiger partial charge in [-0.3, -0.25) is 0 Å². The molecular formula is C17H30N4. The molecule has 2 heterocycles. The van der Waals surface area contributed by atoms with Gasteiger partial charge in [0.15, 0.2) is 5.82 Å². The summed E-state index contributed by atoms with van der Waals surface area (Å²) in [5.74, 6) is 1.69. The molecule has 0 atom stereocenters. The van der Waals surface area contributed by atoms with Gasteiger partial charge in [-0.25, -0.2) is 0 Å². The van der Waals surface area contributed by atoms with Crippen molar-refractivity contribution in [3.05, 3.63) is 17.8 Å². The normalized spacial score (nSPS) is 18.2. The number of rotatable bonds is 6. The van der Waals surface area contributed by atoms with Crippen LogP contribution in [0.15, 0.2) is 12.1 Å². The summed E-state index contributed by atoms with van der Waals surface area (Å²) in [7, 11) is 0. The van der Waals surface area contributed by atoms with Crippen molar-refractivity contribution in [1.82, 2.24) is 15.5 Å². The van der Waals surface area contributed by atoms with Crippen molar-refractivity contribution in [2.24, 2.45) is 11.3 Å². The molecule has 4 nitrogen and oxygen atoms in total. The largest absolute Gasteiger partial charge is 0.355 e. The fraction of sp³-hybridized carbons (Fsp3) is 0.765. The fourth-order valence-electron chi connectivity index (χ4n) is 2.73. The zero-order valence-electron chi connectivity index (χ0n) is 14.0. The van der Waals surface area contributed by atoms with Crippen molar-refractivity contribution in [2.75, 3.05) is 24.5 Å². The van der Waals surface area contributed by atoms with Crippen LogP contribution in [-0.2, 0) is 6.54 Å². The second-order valence-corrected chi connectivity index (χ2v) is 7.06. The van der Waals surface area contributed by atoms with Crippen LogP contribution in [0.3, 0.4) is 0 Å². The second-order valence-electron chi connectivity index (χ2n) is 7.06. The highest BCUT2D eigenvalue weighted by atomic mass is 15.3. The van der Waals surface area contributed by atoms with Crippen LogP contribution in [0.25, 0.3) is 0 Å². The molecule has 0 unspecified atom stereocenters. The number of piperidine rings is 1. The molecule has 0 amide bonds. The Hall–Kier alpha value is -1.16. The molecule has 118 valence electrons. The molecular weight excluding hydrogens is 260 g/mol. The number of nitrogens with zero attached hydrogens (tertiary/aromatic N) is 3. The summed E-state index contributed by atoms with van der Waals surface area (Å²) in [6.45, 7) is 13.1. The first-order chi connectivity index (χ1) is 10.0. The maximum atomic E-state index is 4.41. The Balaban J connectivity index is 1.85. The SMILES string of the molecule is CCC1(C)CCN(c2ccc(CNCC(C)C)nn2)CC1. The van der Waals surface area contributed by atoms with Crippen LogP contribution in [0.4, 0.5) is 5.82 Å². The summed E-state index contributed by atoms with van der Waals surface area (Å²) < 4.78 is 0. The van der Waals surface area contributed by atoms with Crippen LogP contribution in [0.2, 0.25) is 0 Å². The Morgan fingerprint density at radius 3 is 2.48 bits per heavy atom. The van der Waals surface area contributed by atoms with Gasteiger partial charge in [0.1, 0.15) is 0 Å². The lowest BCUT2D eigenvalue weighted by Crippen LogP contribution is -2.39. The van der Waals surface area contributed by atoms with Crippen LogP contribution in [0.1, 0.15) is 52.7 Å². The van der Waals surface area contributed by atoms with E-state index >= 15 is 0 Å². The van der Waals surface area contributed by atoms with Crippen molar-refractivity contribution in [2.45, 2.75) is 53.5 Å². The summed E-state index contributed by atoms with van der Waals surface area (Å²) >= 11 is 0. The van der Waals surface area contributed by atoms with Gasteiger partial charge in [-0.05, 0) is 42.9 Å². The van der Waals surface area contributed by atoms with Crippen molar-refractivity contribution in [3.8, 4) is 0 Å². The first kappa shape index (κ1) is 16.2. The van der Waals surface area contributed by atoms with Gasteiger partial charge in [0.05, 0.1) is 5.69 Å². The number of hydrogen-bond donors (Lipinski definition) is 1. The molecule has 0 aromatic carbocycles. The molecule has 1 aliphatic rings. The van der Waals surface area contributed by atoms with E-state index in [1.54, 1.807) is 0 Å². The molecule has 4 heteroatoms. The van der Waals surface area contributed by atoms with E-state index in [0.717, 1.165) is 37.7 Å². The monoisotopic (exact) mass is 290 g/mol. The highest BCUT2D eigenvalue weighted by Crippen LogP contribution is 2.34. The maximum Gasteiger partial charge on any atom is 0.151 e. The first-order valence-electron chi connectivity index (χ1n) is 8.31. The van der Waals surface area contributed by atoms with E-state index < -0.39 is 0 Å². The lowest BCUT2D eigenvalue weighted by atomic mass is 9.78. The number of nitrogens with one attached hydrogen (secondary N) is 1. The molecule has 0 spiro atoms. The van der Waals surface area contributed by atoms with Crippen LogP contribution in [0.5, 0.6) is 0 Å². The molecule has 1 aromatic rings. The van der Waals surface area contributed by atoms with Gasteiger partial charge in [0.25, 0.3) is 0 Å². The number of hydrogen-bond acceptors (Lipinski definition) is 4. The molecule has 0 radical (unpaired) electrons. The van der Waals surface area contributed by atoms with Gasteiger partial charge in [0.2, 0.25) is 0 Å². The fourth-order valence-corrected chi connectivity index (χ4v) is 2.73. The maximum absolute atomic E-state index is 4.41. The number of aromatic nitrogens is 2. The van der Waals surface area contributed by atoms with Gasteiger partial charge >= 0.3 is 0 Å². The highest BCUT2D eigenvalue weighted by molar-refractivity contribution is 5.38. The van der Waals surface area contributed by atoms with Crippen molar-refractivity contribution in [1.29, 1.82) is 0 Å². The van der Waals surface area contributed by atoms with Crippen LogP contribution in [-0.4, -0.2) is 29.8 Å². The van der Waals surface area contributed by atoms with Gasteiger partial charge in [-0.1, -0.05) is 34.1 Å². The Morgan fingerprint density at radius 2 is 1.95 bits per heavy atom. The summed E-state index contributed by atoms with van der Waals surface area (Å²) in [5, 5.41) is 12.2. The smallest absolute Gasteiger partial charge is 0.151 e. The van der Waals surface area contributed by atoms with E-state index in [9.17, 15) is 0 Å². The van der Waals surface area contributed by atoms with Crippen molar-refractivity contribution >= 4 is 5.82 Å². The Labute approximate surface area is 129 Å². The molecule has 1 saturated heterocycles. The molecule has 0 bridgehead atoms. The topological polar surface area (TPSA) is 41.0 Å². The molecule has 21 heavy (non-hydrogen) atoms. The summed E-state index contributed by atoms with van der Waals surface area (Å²) in [6, 6.07) is 4.22. The molecule has 1 aliphatic heterocycles. The van der Waals surface area contributed by atoms with Crippen LogP contribution < -0.4 is 10.2 Å². The minimum atomic E-state index is 0.518. The van der Waals surface area contributed by atoms with Gasteiger partial charge in [0, 0.05) is 19.6 Å². The van der Waals surface area contributed by atoms with Crippen molar-refractivity contribution < 1.29 is 0 Å². The van der Waals surface area contributed by atoms with Crippen molar-refractivity contribution in [3.63, 3.8) is 0 Å². The zero-order chi connectivity index (χ0) is 15.3. The van der Waals surface area contributed by atoms with E-state index in [1.165, 1.54) is 19.3 Å². The average molecular weight is 290 g/mol. The molecule has 0 saturated carbocycles. The van der Waals surface area contributed by atoms with E-state index in [-0.39, 0.29) is 0 Å². The predicted octanol–water partition coefficient (Wildman–Crippen LogP) is 3.24. The third-order valence-electron chi connectivity index (χ3n) is 4.71. The zero-order valence-corrected chi connectivity index (χ0v) is 14.0. The molecule has 1 fully saturated rings. The number of anilines is 1. The standard InChI is InChI=1S/C17H30N4/c1-5-17(4)8-10-21(11-9-17)16-7-6-15(19-20-16)13-18-12-14(2)3/h6-7,14,18H,5,8-13H2,1-4H3. The van der Waals surface area contributed by atoms with E-state index in [1.807, 2.05) is 0 Å². The third kappa shape index (κ3) is 4.67. The third-order valence-corrected chi connectivity index (χ3v) is 4.71. The minimum Gasteiger partial charge on any atom is -0.355 e. The van der Waals surface area contributed by atoms with E-state index in [4.69, 9.17) is 0 Å². The highest BCUT2D eigenvalue weighted by Gasteiger charge is 2.28. The predicted molar refractivity (Wildman–Crippen MR) is 88.4 cm³/mol. The average Bonchev–Trinajstić information content (AvgIpc) is 2.49. The Bertz CT molecular complexity index is 419. The summed E-state index contributed by atoms with van der Waals surface area (Å²) in [5.41, 5.74) is 1.54. The van der Waals surface area contributed by atoms with Gasteiger partial charge in [-0.2, -0.15) is 5.10 Å². The van der Waals surface area contributed by atoms with Gasteiger partial charge < -0.3 is 10.2 Å². The van der Waals surface area contributed by atoms with Crippen LogP contribution >= 0.6 is 0 Å². The van der Waals surface area contributed by atoms with Crippen LogP contribution in [0, 0.1) is 11.3 Å². The molecule has 2 rings (SSSR count). The Morgan fingerprint density at radius 1 is 1.24 bits per heavy atom. The molecule has 0 aliphatic carbocycles. The first-order valence-corrected chi connectivity index (χ1v) is 8.31. The summed E-state index contributed by atoms with van der Waals surface area (Å²) in [4.78, 5) is 2.37. The lowest BCUT2D eigenvalue weighted by Gasteiger charge is -2.39. The van der Waals surface area contributed by atoms with E-state index in [2.05, 4.69) is 60.2 Å². The van der Waals surface area contributed by atoms with Gasteiger partial charge in [-0.15, -0.1) is 5.10 Å².